The van der Waals surface area contributed by atoms with Crippen molar-refractivity contribution in [2.24, 2.45) is 0 Å². The molecule has 3 nitrogen and oxygen atoms in total. The van der Waals surface area contributed by atoms with Crippen molar-refractivity contribution in [3.8, 4) is 0 Å². The predicted octanol–water partition coefficient (Wildman–Crippen LogP) is -3.75. The molecule has 0 aliphatic carbocycles. The fourth-order valence-electron chi connectivity index (χ4n) is 0. The van der Waals surface area contributed by atoms with Crippen molar-refractivity contribution in [3.63, 3.8) is 0 Å². The summed E-state index contributed by atoms with van der Waals surface area (Å²) in [7, 11) is 0. The maximum Gasteiger partial charge on any atom is 0.316 e. The largest absolute Gasteiger partial charge is 0.481 e. The van der Waals surface area contributed by atoms with Gasteiger partial charge in [-0.2, -0.15) is 0 Å². The fraction of sp³-hybridized carbons (Fsp3) is 0.500. The first-order chi connectivity index (χ1) is 1.73. The average molecular weight is 161 g/mol. The highest BCUT2D eigenvalue weighted by Crippen LogP contribution is 1.42. The van der Waals surface area contributed by atoms with Crippen LogP contribution in [0.2, 0.25) is 0 Å². The van der Waals surface area contributed by atoms with Crippen molar-refractivity contribution in [2.75, 3.05) is 0 Å². The molecule has 0 bridgehead atoms. The van der Waals surface area contributed by atoms with E-state index in [0.29, 0.717) is 0 Å². The first-order valence-electron chi connectivity index (χ1n) is 0.928. The van der Waals surface area contributed by atoms with Crippen LogP contribution in [0, 0.1) is 0 Å². The zero-order valence-corrected chi connectivity index (χ0v) is 2.86. The normalized spacial score (nSPS) is 3.12. The second-order valence-corrected chi connectivity index (χ2v) is 0.519. The summed E-state index contributed by atoms with van der Waals surface area (Å²) >= 11 is 0. The molecule has 0 radical (unpaired) electrons. The summed E-state index contributed by atoms with van der Waals surface area (Å²) < 4.78 is 0. The average Bonchev–Trinajstić information content (AvgIpc) is 0.811. The number of hydrogen-bond acceptors (Lipinski definition) is 1. The summed E-state index contributed by atoms with van der Waals surface area (Å²) in [6, 6.07) is 0. The van der Waals surface area contributed by atoms with Gasteiger partial charge in [0.1, 0.15) is 0 Å². The van der Waals surface area contributed by atoms with Crippen LogP contribution in [0.5, 0.6) is 0 Å². The van der Waals surface area contributed by atoms with Crippen LogP contribution in [0.15, 0.2) is 0 Å². The Kier molecular flexibility index (Phi) is 100. The van der Waals surface area contributed by atoms with Crippen LogP contribution in [0.4, 0.5) is 0 Å². The van der Waals surface area contributed by atoms with Crippen LogP contribution in [0.3, 0.4) is 0 Å². The molecule has 46 valence electrons. The minimum atomic E-state index is -0.833. The molecule has 0 saturated heterocycles. The number of aliphatic carboxylic acids is 1. The zero-order chi connectivity index (χ0) is 3.58. The lowest BCUT2D eigenvalue weighted by Crippen LogP contribution is -1.78. The van der Waals surface area contributed by atoms with Crippen molar-refractivity contribution in [2.45, 2.75) is 6.92 Å². The van der Waals surface area contributed by atoms with Gasteiger partial charge in [-0.1, -0.05) is 0 Å². The third-order valence-electron chi connectivity index (χ3n) is 0. The number of rotatable bonds is 0. The molecule has 0 spiro atoms. The van der Waals surface area contributed by atoms with Crippen molar-refractivity contribution >= 4 is 69.4 Å². The van der Waals surface area contributed by atoms with Gasteiger partial charge in [0.15, 0.2) is 17.4 Å². The van der Waals surface area contributed by atoms with Crippen molar-refractivity contribution in [1.82, 2.24) is 0 Å². The van der Waals surface area contributed by atoms with Crippen molar-refractivity contribution in [1.29, 1.82) is 0 Å². The van der Waals surface area contributed by atoms with Crippen molar-refractivity contribution < 1.29 is 15.4 Å². The smallest absolute Gasteiger partial charge is 0.316 e. The van der Waals surface area contributed by atoms with E-state index in [1.54, 1.807) is 0 Å². The van der Waals surface area contributed by atoms with E-state index in [4.69, 9.17) is 9.90 Å². The van der Waals surface area contributed by atoms with E-state index >= 15 is 0 Å². The van der Waals surface area contributed by atoms with Crippen LogP contribution in [-0.4, -0.2) is 80.0 Å². The Morgan fingerprint density at radius 1 is 1.38 bits per heavy atom. The Hall–Kier alpha value is 1.49. The van der Waals surface area contributed by atoms with Gasteiger partial charge in [0, 0.05) is 6.92 Å². The van der Waals surface area contributed by atoms with Gasteiger partial charge in [0.2, 0.25) is 0 Å². The summed E-state index contributed by atoms with van der Waals surface area (Å²) in [5.41, 5.74) is 0. The molecule has 8 heavy (non-hydrogen) atoms. The molecule has 0 heterocycles. The standard InChI is InChI=1S/C2H4O2.Al.2Mg.H2O.7H/c1-2(3)4;;;;;;;;;;;/h1H3,(H,3,4);;;;1H2;;;;;;;. The molecule has 0 aromatic heterocycles. The van der Waals surface area contributed by atoms with E-state index in [9.17, 15) is 0 Å². The van der Waals surface area contributed by atoms with Gasteiger partial charge < -0.3 is 10.6 Å². The van der Waals surface area contributed by atoms with Crippen LogP contribution in [0.1, 0.15) is 6.92 Å². The van der Waals surface area contributed by atoms with E-state index in [2.05, 4.69) is 0 Å². The second kappa shape index (κ2) is 23.6. The molecule has 0 unspecified atom stereocenters. The van der Waals surface area contributed by atoms with Gasteiger partial charge in [-0.3, -0.25) is 4.79 Å². The summed E-state index contributed by atoms with van der Waals surface area (Å²) in [6.45, 7) is 1.08. The van der Waals surface area contributed by atoms with Gasteiger partial charge in [0.05, 0.1) is 0 Å². The third-order valence-corrected chi connectivity index (χ3v) is 0. The molecule has 0 amide bonds. The summed E-state index contributed by atoms with van der Waals surface area (Å²) in [5.74, 6) is -0.833. The minimum Gasteiger partial charge on any atom is -0.481 e. The first-order valence-corrected chi connectivity index (χ1v) is 0.928. The van der Waals surface area contributed by atoms with E-state index in [-0.39, 0.29) is 68.9 Å². The summed E-state index contributed by atoms with van der Waals surface area (Å²) in [4.78, 5) is 9.00. The van der Waals surface area contributed by atoms with Gasteiger partial charge in [-0.15, -0.1) is 0 Å². The maximum absolute atomic E-state index is 9.00. The molecule has 0 aliphatic heterocycles. The Bertz CT molecular complexity index is 38.3. The van der Waals surface area contributed by atoms with E-state index in [0.717, 1.165) is 6.92 Å². The van der Waals surface area contributed by atoms with Crippen molar-refractivity contribution in [3.05, 3.63) is 0 Å². The molecule has 0 aromatic carbocycles. The van der Waals surface area contributed by atoms with Crippen LogP contribution in [0.25, 0.3) is 0 Å². The van der Waals surface area contributed by atoms with Crippen LogP contribution in [-0.2, 0) is 4.79 Å². The molecule has 3 N–H and O–H groups in total. The predicted molar refractivity (Wildman–Crippen MR) is 44.0 cm³/mol. The quantitative estimate of drug-likeness (QED) is 0.370. The van der Waals surface area contributed by atoms with Gasteiger partial charge >= 0.3 is 46.1 Å². The highest BCUT2D eigenvalue weighted by molar-refractivity contribution is 5.76. The van der Waals surface area contributed by atoms with E-state index in [1.165, 1.54) is 0 Å². The summed E-state index contributed by atoms with van der Waals surface area (Å²) in [5, 5.41) is 7.42. The molecule has 0 aromatic rings. The van der Waals surface area contributed by atoms with E-state index < -0.39 is 5.97 Å². The number of carboxylic acid groups (broad SMARTS) is 1. The summed E-state index contributed by atoms with van der Waals surface area (Å²) in [6.07, 6.45) is 0. The van der Waals surface area contributed by atoms with E-state index in [1.807, 2.05) is 0 Å². The Balaban J connectivity index is -0.00000000750. The molecule has 0 rings (SSSR count). The van der Waals surface area contributed by atoms with Gasteiger partial charge in [-0.25, -0.2) is 0 Å². The molecule has 6 heteroatoms. The van der Waals surface area contributed by atoms with Crippen LogP contribution < -0.4 is 0 Å². The molecule has 0 fully saturated rings. The molecule has 0 aliphatic rings. The molecule has 0 atom stereocenters. The number of carbonyl (C=O) groups is 1. The lowest BCUT2D eigenvalue weighted by atomic mass is 10.9. The monoisotopic (exact) mass is 160 g/mol. The molecule has 0 saturated carbocycles. The lowest BCUT2D eigenvalue weighted by molar-refractivity contribution is -0.134. The lowest BCUT2D eigenvalue weighted by Gasteiger charge is -1.59. The van der Waals surface area contributed by atoms with Gasteiger partial charge in [-0.05, 0) is 0 Å². The molecular weight excluding hydrogens is 148 g/mol. The first kappa shape index (κ1) is 33.9. The highest BCUT2D eigenvalue weighted by Gasteiger charge is 1.65. The third kappa shape index (κ3) is 141. The van der Waals surface area contributed by atoms with Gasteiger partial charge in [0.25, 0.3) is 5.97 Å². The highest BCUT2D eigenvalue weighted by atomic mass is 27.0. The molecular formula is C2H13AlMg2O3. The Labute approximate surface area is 91.0 Å². The Morgan fingerprint density at radius 3 is 1.38 bits per heavy atom. The fourth-order valence-corrected chi connectivity index (χ4v) is 0. The Morgan fingerprint density at radius 2 is 1.38 bits per heavy atom. The number of hydrogen-bond donors (Lipinski definition) is 1. The zero-order valence-electron chi connectivity index (χ0n) is 2.86. The SMILES string of the molecule is CC(=O)O.O.[AlH3].[MgH2].[MgH2]. The second-order valence-electron chi connectivity index (χ2n) is 0.519. The minimum absolute atomic E-state index is 0. The van der Waals surface area contributed by atoms with Crippen LogP contribution >= 0.6 is 0 Å². The maximum atomic E-state index is 9.00. The number of carboxylic acids is 1. The topological polar surface area (TPSA) is 68.8 Å².